The third-order valence-corrected chi connectivity index (χ3v) is 2.68. The van der Waals surface area contributed by atoms with Gasteiger partial charge in [0, 0.05) is 12.6 Å². The minimum absolute atomic E-state index is 0.0971. The minimum Gasteiger partial charge on any atom is -0.493 e. The number of alkyl halides is 1. The zero-order valence-corrected chi connectivity index (χ0v) is 9.28. The summed E-state index contributed by atoms with van der Waals surface area (Å²) in [7, 11) is 1.60. The second-order valence-corrected chi connectivity index (χ2v) is 3.90. The first-order valence-electron chi connectivity index (χ1n) is 5.43. The lowest BCUT2D eigenvalue weighted by atomic mass is 10.2. The van der Waals surface area contributed by atoms with E-state index in [0.29, 0.717) is 31.1 Å². The van der Waals surface area contributed by atoms with Crippen molar-refractivity contribution in [2.45, 2.75) is 18.6 Å². The Morgan fingerprint density at radius 3 is 2.75 bits per heavy atom. The molecule has 2 rings (SSSR count). The number of para-hydroxylation sites is 2. The standard InChI is InChI=1S/C12H16FNO2/c1-15-11-4-2-3-5-12(11)16-8-10-6-9(13)7-14-10/h2-5,9-10,14H,6-8H2,1H3. The van der Waals surface area contributed by atoms with Crippen molar-refractivity contribution in [2.24, 2.45) is 0 Å². The van der Waals surface area contributed by atoms with Gasteiger partial charge in [-0.3, -0.25) is 0 Å². The first-order chi connectivity index (χ1) is 7.79. The highest BCUT2D eigenvalue weighted by Gasteiger charge is 2.24. The summed E-state index contributed by atoms with van der Waals surface area (Å²) >= 11 is 0. The number of hydrogen-bond donors (Lipinski definition) is 1. The molecule has 88 valence electrons. The molecule has 1 fully saturated rings. The maximum atomic E-state index is 12.9. The number of nitrogens with one attached hydrogen (secondary N) is 1. The van der Waals surface area contributed by atoms with Crippen molar-refractivity contribution in [1.82, 2.24) is 5.32 Å². The van der Waals surface area contributed by atoms with Crippen molar-refractivity contribution in [3.8, 4) is 11.5 Å². The molecular weight excluding hydrogens is 209 g/mol. The van der Waals surface area contributed by atoms with Gasteiger partial charge in [-0.2, -0.15) is 0 Å². The van der Waals surface area contributed by atoms with E-state index in [1.54, 1.807) is 7.11 Å². The average Bonchev–Trinajstić information content (AvgIpc) is 2.73. The number of halogens is 1. The van der Waals surface area contributed by atoms with Crippen LogP contribution in [0.1, 0.15) is 6.42 Å². The molecule has 1 aliphatic heterocycles. The smallest absolute Gasteiger partial charge is 0.161 e. The van der Waals surface area contributed by atoms with Crippen LogP contribution in [0.4, 0.5) is 4.39 Å². The molecule has 16 heavy (non-hydrogen) atoms. The molecule has 2 atom stereocenters. The first kappa shape index (κ1) is 11.2. The van der Waals surface area contributed by atoms with E-state index in [9.17, 15) is 4.39 Å². The highest BCUT2D eigenvalue weighted by molar-refractivity contribution is 5.39. The van der Waals surface area contributed by atoms with E-state index < -0.39 is 6.17 Å². The van der Waals surface area contributed by atoms with Gasteiger partial charge in [-0.25, -0.2) is 4.39 Å². The Morgan fingerprint density at radius 2 is 2.12 bits per heavy atom. The number of rotatable bonds is 4. The van der Waals surface area contributed by atoms with Gasteiger partial charge in [0.2, 0.25) is 0 Å². The maximum Gasteiger partial charge on any atom is 0.161 e. The molecule has 0 radical (unpaired) electrons. The van der Waals surface area contributed by atoms with Gasteiger partial charge in [0.15, 0.2) is 11.5 Å². The molecule has 2 unspecified atom stereocenters. The van der Waals surface area contributed by atoms with Crippen molar-refractivity contribution in [1.29, 1.82) is 0 Å². The summed E-state index contributed by atoms with van der Waals surface area (Å²) in [5.41, 5.74) is 0. The van der Waals surface area contributed by atoms with Crippen LogP contribution >= 0.6 is 0 Å². The van der Waals surface area contributed by atoms with Crippen LogP contribution in [0.15, 0.2) is 24.3 Å². The van der Waals surface area contributed by atoms with Crippen LogP contribution in [0.25, 0.3) is 0 Å². The van der Waals surface area contributed by atoms with Gasteiger partial charge in [0.1, 0.15) is 12.8 Å². The molecular formula is C12H16FNO2. The Labute approximate surface area is 94.6 Å². The Hall–Kier alpha value is -1.29. The van der Waals surface area contributed by atoms with Gasteiger partial charge in [-0.15, -0.1) is 0 Å². The molecule has 0 bridgehead atoms. The van der Waals surface area contributed by atoms with Gasteiger partial charge in [0.25, 0.3) is 0 Å². The highest BCUT2D eigenvalue weighted by atomic mass is 19.1. The molecule has 1 saturated heterocycles. The summed E-state index contributed by atoms with van der Waals surface area (Å²) < 4.78 is 23.7. The van der Waals surface area contributed by atoms with E-state index in [0.717, 1.165) is 0 Å². The van der Waals surface area contributed by atoms with Gasteiger partial charge in [-0.1, -0.05) is 12.1 Å². The van der Waals surface area contributed by atoms with E-state index in [1.165, 1.54) is 0 Å². The fraction of sp³-hybridized carbons (Fsp3) is 0.500. The number of methoxy groups -OCH3 is 1. The fourth-order valence-electron chi connectivity index (χ4n) is 1.83. The molecule has 0 amide bonds. The van der Waals surface area contributed by atoms with Crippen molar-refractivity contribution in [3.63, 3.8) is 0 Å². The van der Waals surface area contributed by atoms with Crippen LogP contribution in [0.2, 0.25) is 0 Å². The van der Waals surface area contributed by atoms with Crippen LogP contribution in [0, 0.1) is 0 Å². The maximum absolute atomic E-state index is 12.9. The molecule has 1 heterocycles. The predicted molar refractivity (Wildman–Crippen MR) is 59.8 cm³/mol. The molecule has 1 aliphatic rings. The van der Waals surface area contributed by atoms with E-state index >= 15 is 0 Å². The summed E-state index contributed by atoms with van der Waals surface area (Å²) in [6.45, 7) is 0.904. The van der Waals surface area contributed by atoms with Gasteiger partial charge in [-0.05, 0) is 18.6 Å². The molecule has 0 saturated carbocycles. The quantitative estimate of drug-likeness (QED) is 0.847. The lowest BCUT2D eigenvalue weighted by Crippen LogP contribution is -2.28. The molecule has 0 aliphatic carbocycles. The molecule has 1 N–H and O–H groups in total. The van der Waals surface area contributed by atoms with Crippen molar-refractivity contribution in [2.75, 3.05) is 20.3 Å². The second-order valence-electron chi connectivity index (χ2n) is 3.90. The lowest BCUT2D eigenvalue weighted by Gasteiger charge is -2.14. The fourth-order valence-corrected chi connectivity index (χ4v) is 1.83. The molecule has 0 aromatic heterocycles. The number of hydrogen-bond acceptors (Lipinski definition) is 3. The predicted octanol–water partition coefficient (Wildman–Crippen LogP) is 1.77. The zero-order chi connectivity index (χ0) is 11.4. The van der Waals surface area contributed by atoms with Crippen LogP contribution in [0.5, 0.6) is 11.5 Å². The van der Waals surface area contributed by atoms with E-state index in [1.807, 2.05) is 24.3 Å². The summed E-state index contributed by atoms with van der Waals surface area (Å²) in [6, 6.07) is 7.56. The number of ether oxygens (including phenoxy) is 2. The number of benzene rings is 1. The Balaban J connectivity index is 1.89. The van der Waals surface area contributed by atoms with Crippen LogP contribution in [0.3, 0.4) is 0 Å². The highest BCUT2D eigenvalue weighted by Crippen LogP contribution is 2.26. The van der Waals surface area contributed by atoms with E-state index in [2.05, 4.69) is 5.32 Å². The van der Waals surface area contributed by atoms with Crippen molar-refractivity contribution >= 4 is 0 Å². The van der Waals surface area contributed by atoms with Gasteiger partial charge in [0.05, 0.1) is 7.11 Å². The summed E-state index contributed by atoms with van der Waals surface area (Å²) in [5, 5.41) is 3.07. The van der Waals surface area contributed by atoms with Gasteiger partial charge >= 0.3 is 0 Å². The minimum atomic E-state index is -0.744. The topological polar surface area (TPSA) is 30.5 Å². The monoisotopic (exact) mass is 225 g/mol. The second kappa shape index (κ2) is 5.16. The van der Waals surface area contributed by atoms with Crippen LogP contribution in [-0.4, -0.2) is 32.5 Å². The summed E-state index contributed by atoms with van der Waals surface area (Å²) in [5.74, 6) is 1.41. The summed E-state index contributed by atoms with van der Waals surface area (Å²) in [4.78, 5) is 0. The van der Waals surface area contributed by atoms with Crippen LogP contribution < -0.4 is 14.8 Å². The molecule has 4 heteroatoms. The van der Waals surface area contributed by atoms with Crippen LogP contribution in [-0.2, 0) is 0 Å². The molecule has 1 aromatic carbocycles. The SMILES string of the molecule is COc1ccccc1OCC1CC(F)CN1. The normalized spacial score (nSPS) is 24.4. The third kappa shape index (κ3) is 2.64. The van der Waals surface area contributed by atoms with Crippen molar-refractivity contribution < 1.29 is 13.9 Å². The molecule has 3 nitrogen and oxygen atoms in total. The molecule has 0 spiro atoms. The van der Waals surface area contributed by atoms with E-state index in [-0.39, 0.29) is 6.04 Å². The first-order valence-corrected chi connectivity index (χ1v) is 5.43. The zero-order valence-electron chi connectivity index (χ0n) is 9.28. The Kier molecular flexibility index (Phi) is 3.62. The summed E-state index contributed by atoms with van der Waals surface area (Å²) in [6.07, 6.45) is -0.221. The Bertz CT molecular complexity index is 346. The average molecular weight is 225 g/mol. The third-order valence-electron chi connectivity index (χ3n) is 2.68. The van der Waals surface area contributed by atoms with Gasteiger partial charge < -0.3 is 14.8 Å². The molecule has 1 aromatic rings. The lowest BCUT2D eigenvalue weighted by molar-refractivity contribution is 0.256. The van der Waals surface area contributed by atoms with Crippen molar-refractivity contribution in [3.05, 3.63) is 24.3 Å². The largest absolute Gasteiger partial charge is 0.493 e. The Morgan fingerprint density at radius 1 is 1.38 bits per heavy atom. The van der Waals surface area contributed by atoms with E-state index in [4.69, 9.17) is 9.47 Å².